The van der Waals surface area contributed by atoms with Gasteiger partial charge in [-0.1, -0.05) is 23.2 Å². The fraction of sp³-hybridized carbons (Fsp3) is 0.455. The lowest BCUT2D eigenvalue weighted by atomic mass is 9.93. The van der Waals surface area contributed by atoms with Gasteiger partial charge in [0.05, 0.1) is 12.8 Å². The lowest BCUT2D eigenvalue weighted by molar-refractivity contribution is -0.142. The summed E-state index contributed by atoms with van der Waals surface area (Å²) >= 11 is 12.3. The van der Waals surface area contributed by atoms with Crippen molar-refractivity contribution in [1.29, 1.82) is 0 Å². The van der Waals surface area contributed by atoms with Crippen LogP contribution in [-0.2, 0) is 16.1 Å². The summed E-state index contributed by atoms with van der Waals surface area (Å²) in [5, 5.41) is 1.22. The molecule has 4 nitrogen and oxygen atoms in total. The standard InChI is InChI=1S/C22H26Cl2N2O2/c1-14-15(2)25-21(17-9-19(23)12-20(24)10-17)11-18(14)13-26-6-4-16(5-7-26)8-22(27)28-3/h9-12,16H,4-8,13H2,1-3H3. The summed E-state index contributed by atoms with van der Waals surface area (Å²) in [4.78, 5) is 18.7. The first-order valence-corrected chi connectivity index (χ1v) is 10.3. The third-order valence-corrected chi connectivity index (χ3v) is 6.00. The predicted octanol–water partition coefficient (Wildman–Crippen LogP) is 5.45. The summed E-state index contributed by atoms with van der Waals surface area (Å²) in [5.41, 5.74) is 5.32. The van der Waals surface area contributed by atoms with E-state index >= 15 is 0 Å². The van der Waals surface area contributed by atoms with Crippen molar-refractivity contribution in [2.24, 2.45) is 5.92 Å². The molecule has 0 bridgehead atoms. The van der Waals surface area contributed by atoms with Crippen LogP contribution in [0, 0.1) is 19.8 Å². The van der Waals surface area contributed by atoms with Gasteiger partial charge in [0.1, 0.15) is 0 Å². The maximum Gasteiger partial charge on any atom is 0.305 e. The van der Waals surface area contributed by atoms with E-state index in [-0.39, 0.29) is 5.97 Å². The second-order valence-corrected chi connectivity index (χ2v) is 8.41. The summed E-state index contributed by atoms with van der Waals surface area (Å²) in [6, 6.07) is 7.66. The molecule has 0 atom stereocenters. The highest BCUT2D eigenvalue weighted by molar-refractivity contribution is 6.35. The van der Waals surface area contributed by atoms with Crippen LogP contribution in [0.3, 0.4) is 0 Å². The molecular formula is C22H26Cl2N2O2. The molecule has 3 rings (SSSR count). The van der Waals surface area contributed by atoms with E-state index in [2.05, 4.69) is 17.9 Å². The maximum atomic E-state index is 11.5. The van der Waals surface area contributed by atoms with Gasteiger partial charge in [-0.2, -0.15) is 0 Å². The smallest absolute Gasteiger partial charge is 0.305 e. The van der Waals surface area contributed by atoms with Crippen LogP contribution in [0.1, 0.15) is 36.1 Å². The molecule has 0 unspecified atom stereocenters. The van der Waals surface area contributed by atoms with Crippen molar-refractivity contribution in [3.63, 3.8) is 0 Å². The van der Waals surface area contributed by atoms with Crippen molar-refractivity contribution in [1.82, 2.24) is 9.88 Å². The third kappa shape index (κ3) is 5.25. The Labute approximate surface area is 176 Å². The molecule has 0 radical (unpaired) electrons. The predicted molar refractivity (Wildman–Crippen MR) is 114 cm³/mol. The number of carbonyl (C=O) groups is 1. The Kier molecular flexibility index (Phi) is 6.97. The lowest BCUT2D eigenvalue weighted by Gasteiger charge is -2.32. The van der Waals surface area contributed by atoms with Gasteiger partial charge in [-0.15, -0.1) is 0 Å². The molecule has 28 heavy (non-hydrogen) atoms. The van der Waals surface area contributed by atoms with E-state index in [1.165, 1.54) is 18.2 Å². The van der Waals surface area contributed by atoms with Gasteiger partial charge in [-0.3, -0.25) is 14.7 Å². The molecule has 150 valence electrons. The molecule has 0 amide bonds. The summed E-state index contributed by atoms with van der Waals surface area (Å²) in [6.45, 7) is 7.01. The molecule has 0 spiro atoms. The lowest BCUT2D eigenvalue weighted by Crippen LogP contribution is -2.34. The molecule has 1 aliphatic rings. The van der Waals surface area contributed by atoms with E-state index in [9.17, 15) is 4.79 Å². The number of pyridine rings is 1. The fourth-order valence-electron chi connectivity index (χ4n) is 3.72. The summed E-state index contributed by atoms with van der Waals surface area (Å²) in [5.74, 6) is 0.317. The molecule has 1 aromatic carbocycles. The SMILES string of the molecule is COC(=O)CC1CCN(Cc2cc(-c3cc(Cl)cc(Cl)c3)nc(C)c2C)CC1. The molecule has 6 heteroatoms. The van der Waals surface area contributed by atoms with Crippen molar-refractivity contribution in [2.75, 3.05) is 20.2 Å². The Bertz CT molecular complexity index is 842. The average molecular weight is 421 g/mol. The van der Waals surface area contributed by atoms with E-state index in [0.29, 0.717) is 22.4 Å². The molecule has 2 heterocycles. The number of hydrogen-bond acceptors (Lipinski definition) is 4. The number of rotatable bonds is 5. The maximum absolute atomic E-state index is 11.5. The zero-order chi connectivity index (χ0) is 20.3. The Morgan fingerprint density at radius 1 is 1.14 bits per heavy atom. The van der Waals surface area contributed by atoms with Crippen LogP contribution in [0.25, 0.3) is 11.3 Å². The number of piperidine rings is 1. The van der Waals surface area contributed by atoms with Crippen LogP contribution >= 0.6 is 23.2 Å². The molecular weight excluding hydrogens is 395 g/mol. The Balaban J connectivity index is 1.74. The number of ether oxygens (including phenoxy) is 1. The van der Waals surface area contributed by atoms with Gasteiger partial charge >= 0.3 is 5.97 Å². The van der Waals surface area contributed by atoms with Crippen LogP contribution in [0.2, 0.25) is 10.0 Å². The molecule has 0 saturated carbocycles. The van der Waals surface area contributed by atoms with Crippen LogP contribution in [-0.4, -0.2) is 36.1 Å². The minimum Gasteiger partial charge on any atom is -0.469 e. The van der Waals surface area contributed by atoms with Crippen molar-refractivity contribution in [3.8, 4) is 11.3 Å². The van der Waals surface area contributed by atoms with Gasteiger partial charge in [-0.25, -0.2) is 0 Å². The first-order chi connectivity index (χ1) is 13.4. The second-order valence-electron chi connectivity index (χ2n) is 7.53. The molecule has 2 aromatic rings. The second kappa shape index (κ2) is 9.25. The van der Waals surface area contributed by atoms with E-state index in [4.69, 9.17) is 32.9 Å². The topological polar surface area (TPSA) is 42.4 Å². The summed E-state index contributed by atoms with van der Waals surface area (Å²) < 4.78 is 4.80. The number of aromatic nitrogens is 1. The Morgan fingerprint density at radius 3 is 2.39 bits per heavy atom. The number of benzene rings is 1. The van der Waals surface area contributed by atoms with Crippen LogP contribution in [0.5, 0.6) is 0 Å². The molecule has 1 saturated heterocycles. The van der Waals surface area contributed by atoms with Gasteiger partial charge in [-0.05, 0) is 81.1 Å². The first kappa shape index (κ1) is 21.1. The highest BCUT2D eigenvalue weighted by Crippen LogP contribution is 2.29. The number of methoxy groups -OCH3 is 1. The molecule has 1 fully saturated rings. The quantitative estimate of drug-likeness (QED) is 0.603. The highest BCUT2D eigenvalue weighted by atomic mass is 35.5. The zero-order valence-electron chi connectivity index (χ0n) is 16.6. The summed E-state index contributed by atoms with van der Waals surface area (Å²) in [6.07, 6.45) is 2.57. The summed E-state index contributed by atoms with van der Waals surface area (Å²) in [7, 11) is 1.46. The van der Waals surface area contributed by atoms with Crippen molar-refractivity contribution in [2.45, 2.75) is 39.7 Å². The van der Waals surface area contributed by atoms with E-state index in [1.807, 2.05) is 19.1 Å². The first-order valence-electron chi connectivity index (χ1n) is 9.58. The normalized spacial score (nSPS) is 15.6. The van der Waals surface area contributed by atoms with Gasteiger partial charge in [0, 0.05) is 34.3 Å². The molecule has 0 N–H and O–H groups in total. The molecule has 0 aliphatic carbocycles. The van der Waals surface area contributed by atoms with Crippen LogP contribution in [0.15, 0.2) is 24.3 Å². The van der Waals surface area contributed by atoms with Gasteiger partial charge in [0.15, 0.2) is 0 Å². The average Bonchev–Trinajstić information content (AvgIpc) is 2.65. The number of halogens is 2. The molecule has 1 aliphatic heterocycles. The van der Waals surface area contributed by atoms with E-state index < -0.39 is 0 Å². The number of likely N-dealkylation sites (tertiary alicyclic amines) is 1. The largest absolute Gasteiger partial charge is 0.469 e. The van der Waals surface area contributed by atoms with Gasteiger partial charge in [0.25, 0.3) is 0 Å². The number of carbonyl (C=O) groups excluding carboxylic acids is 1. The number of esters is 1. The third-order valence-electron chi connectivity index (χ3n) is 5.57. The minimum atomic E-state index is -0.108. The monoisotopic (exact) mass is 420 g/mol. The fourth-order valence-corrected chi connectivity index (χ4v) is 4.25. The Hall–Kier alpha value is -1.62. The Morgan fingerprint density at radius 2 is 1.79 bits per heavy atom. The van der Waals surface area contributed by atoms with Crippen LogP contribution in [0.4, 0.5) is 0 Å². The molecule has 1 aromatic heterocycles. The van der Waals surface area contributed by atoms with Crippen molar-refractivity contribution < 1.29 is 9.53 Å². The number of nitrogens with zero attached hydrogens (tertiary/aromatic N) is 2. The minimum absolute atomic E-state index is 0.108. The van der Waals surface area contributed by atoms with Crippen molar-refractivity contribution >= 4 is 29.2 Å². The van der Waals surface area contributed by atoms with Gasteiger partial charge < -0.3 is 4.74 Å². The zero-order valence-corrected chi connectivity index (χ0v) is 18.1. The van der Waals surface area contributed by atoms with Crippen molar-refractivity contribution in [3.05, 3.63) is 51.1 Å². The highest BCUT2D eigenvalue weighted by Gasteiger charge is 2.22. The van der Waals surface area contributed by atoms with E-state index in [1.54, 1.807) is 6.07 Å². The van der Waals surface area contributed by atoms with Gasteiger partial charge in [0.2, 0.25) is 0 Å². The van der Waals surface area contributed by atoms with Crippen LogP contribution < -0.4 is 0 Å². The number of aryl methyl sites for hydroxylation is 1. The number of hydrogen-bond donors (Lipinski definition) is 0. The van der Waals surface area contributed by atoms with E-state index in [0.717, 1.165) is 49.4 Å².